The summed E-state index contributed by atoms with van der Waals surface area (Å²) in [5.74, 6) is 0. The van der Waals surface area contributed by atoms with Crippen LogP contribution in [0, 0.1) is 27.7 Å². The van der Waals surface area contributed by atoms with Crippen LogP contribution in [0.1, 0.15) is 22.3 Å². The zero-order chi connectivity index (χ0) is 85.0. The Hall–Kier alpha value is -16.6. The van der Waals surface area contributed by atoms with Crippen molar-refractivity contribution in [2.75, 3.05) is 14.7 Å². The third kappa shape index (κ3) is 14.0. The van der Waals surface area contributed by atoms with Gasteiger partial charge in [0.2, 0.25) is 0 Å². The molecule has 24 rings (SSSR count). The molecule has 0 saturated heterocycles. The minimum Gasteiger partial charge on any atom is -0.316 e. The van der Waals surface area contributed by atoms with Crippen molar-refractivity contribution in [2.24, 2.45) is 0 Å². The van der Waals surface area contributed by atoms with Crippen molar-refractivity contribution < 1.29 is 0 Å². The molecule has 24 aromatic rings. The first kappa shape index (κ1) is 76.5. The quantitative estimate of drug-likeness (QED) is 0.103. The molecule has 0 amide bonds. The molecule has 0 atom stereocenters. The molecular weight excluding hydrogens is 1540 g/mol. The lowest BCUT2D eigenvalue weighted by Crippen LogP contribution is -2.10. The standard InChI is InChI=1S/2C40H31N3.C38H27N3/c1-28-15-19-31(20-16-28)42(32-21-17-29(2)18-22-32)33-11-8-12-34(27-33)43-39-14-7-6-13-35(39)36-23-24-38-37(40(36)43)25-26-41(38)30-9-4-3-5-10-30;1-28-12-16-31(17-13-28)42(32-18-14-29(2)15-19-32)33-20-22-34(23-21-33)43-39-11-7-6-10-35(39)36-24-25-38-37(40(36)43)26-27-41(38)30-8-4-3-5-9-30;1-4-13-28(14-5-1)39-26-25-35-36(39)24-23-34-33-21-10-11-22-37(33)41(38(34)35)32-20-12-19-31(27-32)40(29-15-6-2-7-16-29)30-17-8-3-9-18-30/h2*3-27H,1-2H3;1-27H. The predicted molar refractivity (Wildman–Crippen MR) is 536 cm³/mol. The highest BCUT2D eigenvalue weighted by molar-refractivity contribution is 6.21. The molecule has 0 bridgehead atoms. The van der Waals surface area contributed by atoms with Gasteiger partial charge < -0.3 is 42.1 Å². The van der Waals surface area contributed by atoms with Crippen LogP contribution in [0.25, 0.3) is 132 Å². The highest BCUT2D eigenvalue weighted by atomic mass is 15.2. The Balaban J connectivity index is 0.000000113. The highest BCUT2D eigenvalue weighted by Crippen LogP contribution is 2.46. The van der Waals surface area contributed by atoms with Gasteiger partial charge in [-0.25, -0.2) is 0 Å². The summed E-state index contributed by atoms with van der Waals surface area (Å²) >= 11 is 0. The lowest BCUT2D eigenvalue weighted by molar-refractivity contribution is 1.13. The summed E-state index contributed by atoms with van der Waals surface area (Å²) in [5, 5.41) is 11.3. The third-order valence-corrected chi connectivity index (χ3v) is 24.9. The molecule has 6 heterocycles. The Bertz CT molecular complexity index is 7990. The van der Waals surface area contributed by atoms with Crippen LogP contribution < -0.4 is 14.7 Å². The van der Waals surface area contributed by atoms with Crippen molar-refractivity contribution in [2.45, 2.75) is 27.7 Å². The summed E-state index contributed by atoms with van der Waals surface area (Å²) in [6.45, 7) is 8.53. The average Bonchev–Trinajstić information content (AvgIpc) is 1.58. The molecule has 0 spiro atoms. The Labute approximate surface area is 738 Å². The first-order chi connectivity index (χ1) is 62.7. The Morgan fingerprint density at radius 3 is 0.693 bits per heavy atom. The fraction of sp³-hybridized carbons (Fsp3) is 0.0339. The number of para-hydroxylation sites is 8. The molecule has 0 aliphatic heterocycles. The van der Waals surface area contributed by atoms with Crippen LogP contribution in [0.5, 0.6) is 0 Å². The number of benzene rings is 18. The van der Waals surface area contributed by atoms with Crippen molar-refractivity contribution >= 4 is 149 Å². The van der Waals surface area contributed by atoms with E-state index in [9.17, 15) is 0 Å². The fourth-order valence-electron chi connectivity index (χ4n) is 18.8. The maximum absolute atomic E-state index is 2.44. The summed E-state index contributed by atoms with van der Waals surface area (Å²) in [5.41, 5.74) is 32.9. The monoisotopic (exact) mass is 1630 g/mol. The van der Waals surface area contributed by atoms with Gasteiger partial charge in [0.05, 0.1) is 49.7 Å². The van der Waals surface area contributed by atoms with Crippen LogP contribution in [0.15, 0.2) is 468 Å². The second-order valence-corrected chi connectivity index (χ2v) is 32.9. The number of hydrogen-bond acceptors (Lipinski definition) is 3. The molecule has 0 aliphatic rings. The second-order valence-electron chi connectivity index (χ2n) is 32.9. The summed E-state index contributed by atoms with van der Waals surface area (Å²) in [4.78, 5) is 6.99. The molecule has 18 aromatic carbocycles. The Morgan fingerprint density at radius 2 is 0.386 bits per heavy atom. The van der Waals surface area contributed by atoms with Crippen LogP contribution >= 0.6 is 0 Å². The van der Waals surface area contributed by atoms with Crippen molar-refractivity contribution in [3.05, 3.63) is 490 Å². The molecule has 0 aliphatic carbocycles. The number of hydrogen-bond donors (Lipinski definition) is 0. The molecule has 0 fully saturated rings. The van der Waals surface area contributed by atoms with E-state index in [0.717, 1.165) is 85.3 Å². The van der Waals surface area contributed by atoms with Crippen LogP contribution in [-0.4, -0.2) is 27.4 Å². The first-order valence-electron chi connectivity index (χ1n) is 43.5. The minimum absolute atomic E-state index is 1.11. The van der Waals surface area contributed by atoms with Crippen molar-refractivity contribution in [3.8, 4) is 34.1 Å². The molecule has 606 valence electrons. The molecule has 6 aromatic heterocycles. The van der Waals surface area contributed by atoms with Crippen molar-refractivity contribution in [3.63, 3.8) is 0 Å². The molecule has 127 heavy (non-hydrogen) atoms. The maximum atomic E-state index is 2.44. The van der Waals surface area contributed by atoms with E-state index in [0.29, 0.717) is 0 Å². The number of nitrogens with zero attached hydrogens (tertiary/aromatic N) is 9. The summed E-state index contributed by atoms with van der Waals surface area (Å²) < 4.78 is 14.1. The van der Waals surface area contributed by atoms with E-state index in [1.54, 1.807) is 0 Å². The number of rotatable bonds is 15. The van der Waals surface area contributed by atoms with Gasteiger partial charge in [-0.2, -0.15) is 0 Å². The molecule has 9 heteroatoms. The minimum atomic E-state index is 1.11. The number of anilines is 9. The molecule has 0 N–H and O–H groups in total. The normalized spacial score (nSPS) is 11.5. The third-order valence-electron chi connectivity index (χ3n) is 24.9. The van der Waals surface area contributed by atoms with E-state index in [1.165, 1.54) is 120 Å². The number of aromatic nitrogens is 6. The first-order valence-corrected chi connectivity index (χ1v) is 43.5. The SMILES string of the molecule is Cc1ccc(N(c2ccc(C)cc2)c2ccc(-n3c4ccccc4c4ccc5c(ccn5-c5ccccc5)c43)cc2)cc1.Cc1ccc(N(c2ccc(C)cc2)c2cccc(-n3c4ccccc4c4ccc5c(ccn5-c5ccccc5)c43)c2)cc1.c1ccc(N(c2ccccc2)c2cccc(-n3c4ccccc4c4ccc5c(ccn5-c5ccccc5)c43)c2)cc1. The van der Waals surface area contributed by atoms with Crippen LogP contribution in [0.4, 0.5) is 51.2 Å². The predicted octanol–water partition coefficient (Wildman–Crippen LogP) is 31.8. The maximum Gasteiger partial charge on any atom is 0.0635 e. The second kappa shape index (κ2) is 32.6. The largest absolute Gasteiger partial charge is 0.316 e. The number of aryl methyl sites for hydroxylation is 4. The van der Waals surface area contributed by atoms with Crippen LogP contribution in [-0.2, 0) is 0 Å². The summed E-state index contributed by atoms with van der Waals surface area (Å²) in [6.07, 6.45) is 6.56. The van der Waals surface area contributed by atoms with E-state index in [2.05, 4.69) is 537 Å². The molecule has 0 unspecified atom stereocenters. The topological polar surface area (TPSA) is 39.3 Å². The Kier molecular flexibility index (Phi) is 19.7. The van der Waals surface area contributed by atoms with Crippen LogP contribution in [0.3, 0.4) is 0 Å². The van der Waals surface area contributed by atoms with Gasteiger partial charge in [0.25, 0.3) is 0 Å². The van der Waals surface area contributed by atoms with Gasteiger partial charge in [-0.15, -0.1) is 0 Å². The zero-order valence-corrected chi connectivity index (χ0v) is 71.0. The summed E-state index contributed by atoms with van der Waals surface area (Å²) in [7, 11) is 0. The average molecular weight is 1630 g/mol. The highest BCUT2D eigenvalue weighted by Gasteiger charge is 2.25. The molecule has 0 saturated carbocycles. The van der Waals surface area contributed by atoms with Crippen LogP contribution in [0.2, 0.25) is 0 Å². The van der Waals surface area contributed by atoms with Crippen molar-refractivity contribution in [1.29, 1.82) is 0 Å². The van der Waals surface area contributed by atoms with Gasteiger partial charge in [-0.3, -0.25) is 0 Å². The molecule has 0 radical (unpaired) electrons. The van der Waals surface area contributed by atoms with E-state index >= 15 is 0 Å². The van der Waals surface area contributed by atoms with E-state index < -0.39 is 0 Å². The smallest absolute Gasteiger partial charge is 0.0635 e. The van der Waals surface area contributed by atoms with Gasteiger partial charge in [0.1, 0.15) is 0 Å². The van der Waals surface area contributed by atoms with Gasteiger partial charge in [-0.05, 0) is 252 Å². The molecular formula is C118H89N9. The van der Waals surface area contributed by atoms with Crippen molar-refractivity contribution in [1.82, 2.24) is 27.4 Å². The van der Waals surface area contributed by atoms with Gasteiger partial charge >= 0.3 is 0 Å². The van der Waals surface area contributed by atoms with E-state index in [-0.39, 0.29) is 0 Å². The van der Waals surface area contributed by atoms with E-state index in [1.807, 2.05) is 0 Å². The Morgan fingerprint density at radius 1 is 0.150 bits per heavy atom. The lowest BCUT2D eigenvalue weighted by Gasteiger charge is -2.26. The molecule has 9 nitrogen and oxygen atoms in total. The zero-order valence-electron chi connectivity index (χ0n) is 71.0. The van der Waals surface area contributed by atoms with Gasteiger partial charge in [0, 0.05) is 152 Å². The van der Waals surface area contributed by atoms with Gasteiger partial charge in [-0.1, -0.05) is 247 Å². The van der Waals surface area contributed by atoms with E-state index in [4.69, 9.17) is 0 Å². The summed E-state index contributed by atoms with van der Waals surface area (Å²) in [6, 6.07) is 161. The number of fused-ring (bicyclic) bond motifs is 15. The van der Waals surface area contributed by atoms with Gasteiger partial charge in [0.15, 0.2) is 0 Å². The lowest BCUT2D eigenvalue weighted by atomic mass is 10.1. The fourth-order valence-corrected chi connectivity index (χ4v) is 18.8.